The lowest BCUT2D eigenvalue weighted by molar-refractivity contribution is -0.137. The van der Waals surface area contributed by atoms with Gasteiger partial charge in [0.05, 0.1) is 27.3 Å². The highest BCUT2D eigenvalue weighted by atomic mass is 35.5. The molecule has 37 heavy (non-hydrogen) atoms. The van der Waals surface area contributed by atoms with Gasteiger partial charge >= 0.3 is 12.2 Å². The van der Waals surface area contributed by atoms with Crippen LogP contribution in [0.3, 0.4) is 0 Å². The number of halogens is 5. The number of carbonyl (C=O) groups excluding carboxylic acids is 1. The molecular weight excluding hydrogens is 530 g/mol. The Bertz CT molecular complexity index is 1080. The smallest absolute Gasteiger partial charge is 0.389 e. The number of likely N-dealkylation sites (tertiary alicyclic amines) is 2. The van der Waals surface area contributed by atoms with Gasteiger partial charge < -0.3 is 25.3 Å². The molecule has 202 valence electrons. The minimum atomic E-state index is -4.34. The van der Waals surface area contributed by atoms with E-state index in [9.17, 15) is 28.2 Å². The fourth-order valence-corrected chi connectivity index (χ4v) is 5.31. The molecule has 0 spiro atoms. The van der Waals surface area contributed by atoms with Crippen LogP contribution in [0.5, 0.6) is 0 Å². The summed E-state index contributed by atoms with van der Waals surface area (Å²) in [6, 6.07) is 9.83. The minimum Gasteiger partial charge on any atom is -0.389 e. The van der Waals surface area contributed by atoms with Crippen LogP contribution in [0.15, 0.2) is 42.5 Å². The summed E-state index contributed by atoms with van der Waals surface area (Å²) in [5.41, 5.74) is -0.550. The van der Waals surface area contributed by atoms with Gasteiger partial charge in [-0.3, -0.25) is 0 Å². The first-order valence-corrected chi connectivity index (χ1v) is 13.0. The highest BCUT2D eigenvalue weighted by molar-refractivity contribution is 6.42. The number of benzene rings is 2. The number of urea groups is 1. The summed E-state index contributed by atoms with van der Waals surface area (Å²) >= 11 is 11.9. The largest absolute Gasteiger partial charge is 0.416 e. The molecule has 2 aliphatic rings. The van der Waals surface area contributed by atoms with Crippen molar-refractivity contribution in [2.75, 3.05) is 38.0 Å². The third kappa shape index (κ3) is 6.89. The van der Waals surface area contributed by atoms with Crippen LogP contribution in [0.4, 0.5) is 23.7 Å². The first-order valence-electron chi connectivity index (χ1n) is 12.3. The average molecular weight is 560 g/mol. The van der Waals surface area contributed by atoms with Crippen LogP contribution in [0.1, 0.15) is 42.7 Å². The minimum absolute atomic E-state index is 0.163. The molecule has 2 fully saturated rings. The standard InChI is InChI=1S/C26H30Cl2F3N3O3/c27-21-6-5-20(15-22(21)28)32-24(36)34-13-9-25(37,10-14-34)23(35)16-33-11-7-18(8-12-33)17-1-3-19(4-2-17)26(29,30)31/h1-6,15,18,23,35,37H,7-14,16H2,(H,32,36). The van der Waals surface area contributed by atoms with E-state index in [-0.39, 0.29) is 37.9 Å². The number of aliphatic hydroxyl groups excluding tert-OH is 1. The topological polar surface area (TPSA) is 76.0 Å². The molecule has 2 amide bonds. The van der Waals surface area contributed by atoms with Crippen LogP contribution in [-0.2, 0) is 6.18 Å². The highest BCUT2D eigenvalue weighted by Gasteiger charge is 2.41. The van der Waals surface area contributed by atoms with Gasteiger partial charge in [-0.15, -0.1) is 0 Å². The number of nitrogens with zero attached hydrogens (tertiary/aromatic N) is 2. The number of rotatable bonds is 5. The number of β-amino-alcohol motifs (C(OH)–C–C–N with tert-alkyl or cyclic N) is 1. The van der Waals surface area contributed by atoms with E-state index in [1.807, 2.05) is 0 Å². The predicted molar refractivity (Wildman–Crippen MR) is 137 cm³/mol. The third-order valence-corrected chi connectivity index (χ3v) is 8.17. The van der Waals surface area contributed by atoms with Gasteiger partial charge in [0.2, 0.25) is 0 Å². The summed E-state index contributed by atoms with van der Waals surface area (Å²) in [4.78, 5) is 16.3. The van der Waals surface area contributed by atoms with Crippen molar-refractivity contribution >= 4 is 34.9 Å². The highest BCUT2D eigenvalue weighted by Crippen LogP contribution is 2.34. The van der Waals surface area contributed by atoms with Gasteiger partial charge in [-0.1, -0.05) is 35.3 Å². The molecule has 0 bridgehead atoms. The van der Waals surface area contributed by atoms with Gasteiger partial charge in [-0.25, -0.2) is 4.79 Å². The number of hydrogen-bond donors (Lipinski definition) is 3. The van der Waals surface area contributed by atoms with E-state index in [4.69, 9.17) is 23.2 Å². The molecule has 2 heterocycles. The van der Waals surface area contributed by atoms with E-state index < -0.39 is 23.4 Å². The van der Waals surface area contributed by atoms with Crippen molar-refractivity contribution in [2.45, 2.75) is 49.5 Å². The van der Waals surface area contributed by atoms with E-state index in [0.717, 1.165) is 30.5 Å². The normalized spacial score (nSPS) is 20.0. The Morgan fingerprint density at radius 2 is 1.65 bits per heavy atom. The van der Waals surface area contributed by atoms with Gasteiger partial charge in [-0.2, -0.15) is 13.2 Å². The second kappa shape index (κ2) is 11.4. The molecular formula is C26H30Cl2F3N3O3. The van der Waals surface area contributed by atoms with Gasteiger partial charge in [0, 0.05) is 25.3 Å². The Balaban J connectivity index is 1.23. The Morgan fingerprint density at radius 3 is 2.22 bits per heavy atom. The van der Waals surface area contributed by atoms with Crippen LogP contribution in [0.2, 0.25) is 10.0 Å². The van der Waals surface area contributed by atoms with Crippen molar-refractivity contribution in [1.29, 1.82) is 0 Å². The maximum absolute atomic E-state index is 12.8. The van der Waals surface area contributed by atoms with E-state index in [2.05, 4.69) is 10.2 Å². The molecule has 1 atom stereocenters. The molecule has 0 radical (unpaired) electrons. The van der Waals surface area contributed by atoms with Crippen molar-refractivity contribution in [2.24, 2.45) is 0 Å². The molecule has 2 aromatic carbocycles. The molecule has 4 rings (SSSR count). The van der Waals surface area contributed by atoms with Crippen molar-refractivity contribution < 1.29 is 28.2 Å². The number of carbonyl (C=O) groups is 1. The van der Waals surface area contributed by atoms with E-state index in [1.54, 1.807) is 35.2 Å². The zero-order chi connectivity index (χ0) is 26.8. The summed E-state index contributed by atoms with van der Waals surface area (Å²) < 4.78 is 38.4. The maximum Gasteiger partial charge on any atom is 0.416 e. The number of alkyl halides is 3. The van der Waals surface area contributed by atoms with Crippen LogP contribution in [-0.4, -0.2) is 70.5 Å². The first kappa shape index (κ1) is 28.0. The molecule has 11 heteroatoms. The first-order chi connectivity index (χ1) is 17.4. The number of hydrogen-bond acceptors (Lipinski definition) is 4. The van der Waals surface area contributed by atoms with Crippen LogP contribution >= 0.6 is 23.2 Å². The molecule has 0 aliphatic carbocycles. The molecule has 2 saturated heterocycles. The summed E-state index contributed by atoms with van der Waals surface area (Å²) in [7, 11) is 0. The Hall–Kier alpha value is -2.04. The van der Waals surface area contributed by atoms with Gasteiger partial charge in [-0.05, 0) is 80.6 Å². The maximum atomic E-state index is 12.8. The van der Waals surface area contributed by atoms with Crippen molar-refractivity contribution in [1.82, 2.24) is 9.80 Å². The molecule has 0 saturated carbocycles. The monoisotopic (exact) mass is 559 g/mol. The lowest BCUT2D eigenvalue weighted by Crippen LogP contribution is -2.56. The van der Waals surface area contributed by atoms with Gasteiger partial charge in [0.1, 0.15) is 0 Å². The molecule has 3 N–H and O–H groups in total. The number of piperidine rings is 2. The predicted octanol–water partition coefficient (Wildman–Crippen LogP) is 5.61. The number of nitrogens with one attached hydrogen (secondary N) is 1. The number of anilines is 1. The van der Waals surface area contributed by atoms with Crippen molar-refractivity contribution in [3.63, 3.8) is 0 Å². The molecule has 6 nitrogen and oxygen atoms in total. The summed E-state index contributed by atoms with van der Waals surface area (Å²) in [5, 5.41) is 25.4. The number of aliphatic hydroxyl groups is 2. The fourth-order valence-electron chi connectivity index (χ4n) is 5.01. The van der Waals surface area contributed by atoms with Crippen LogP contribution < -0.4 is 5.32 Å². The van der Waals surface area contributed by atoms with E-state index >= 15 is 0 Å². The molecule has 2 aromatic rings. The second-order valence-corrected chi connectivity index (χ2v) is 10.7. The molecule has 1 unspecified atom stereocenters. The lowest BCUT2D eigenvalue weighted by Gasteiger charge is -2.43. The fraction of sp³-hybridized carbons (Fsp3) is 0.500. The van der Waals surface area contributed by atoms with Crippen LogP contribution in [0, 0.1) is 0 Å². The quantitative estimate of drug-likeness (QED) is 0.445. The van der Waals surface area contributed by atoms with Crippen molar-refractivity contribution in [3.8, 4) is 0 Å². The van der Waals surface area contributed by atoms with Gasteiger partial charge in [0.15, 0.2) is 0 Å². The average Bonchev–Trinajstić information content (AvgIpc) is 2.86. The zero-order valence-electron chi connectivity index (χ0n) is 20.1. The van der Waals surface area contributed by atoms with Gasteiger partial charge in [0.25, 0.3) is 0 Å². The molecule has 0 aromatic heterocycles. The second-order valence-electron chi connectivity index (χ2n) is 9.86. The summed E-state index contributed by atoms with van der Waals surface area (Å²) in [5.74, 6) is 0.163. The number of amides is 2. The lowest BCUT2D eigenvalue weighted by atomic mass is 9.84. The van der Waals surface area contributed by atoms with E-state index in [0.29, 0.717) is 35.4 Å². The van der Waals surface area contributed by atoms with E-state index in [1.165, 1.54) is 0 Å². The summed E-state index contributed by atoms with van der Waals surface area (Å²) in [6.07, 6.45) is -3.31. The SMILES string of the molecule is O=C(Nc1ccc(Cl)c(Cl)c1)N1CCC(O)(C(O)CN2CCC(c3ccc(C(F)(F)F)cc3)CC2)CC1. The Kier molecular flexibility index (Phi) is 8.60. The Labute approximate surface area is 224 Å². The Morgan fingerprint density at radius 1 is 1.03 bits per heavy atom. The third-order valence-electron chi connectivity index (χ3n) is 7.44. The molecule has 2 aliphatic heterocycles. The summed E-state index contributed by atoms with van der Waals surface area (Å²) in [6.45, 7) is 2.23. The van der Waals surface area contributed by atoms with Crippen LogP contribution in [0.25, 0.3) is 0 Å². The van der Waals surface area contributed by atoms with Crippen molar-refractivity contribution in [3.05, 3.63) is 63.6 Å². The zero-order valence-corrected chi connectivity index (χ0v) is 21.7.